The monoisotopic (exact) mass is 564 g/mol. The molecule has 0 saturated carbocycles. The second-order valence-electron chi connectivity index (χ2n) is 8.95. The Balaban J connectivity index is 1.79. The summed E-state index contributed by atoms with van der Waals surface area (Å²) in [7, 11) is 0. The molecule has 1 aliphatic rings. The molecule has 3 aromatic rings. The molecule has 0 bridgehead atoms. The van der Waals surface area contributed by atoms with Crippen molar-refractivity contribution in [3.63, 3.8) is 0 Å². The summed E-state index contributed by atoms with van der Waals surface area (Å²) in [4.78, 5) is 43.7. The van der Waals surface area contributed by atoms with E-state index < -0.39 is 18.0 Å². The van der Waals surface area contributed by atoms with Crippen LogP contribution in [0.2, 0.25) is 0 Å². The van der Waals surface area contributed by atoms with Crippen molar-refractivity contribution in [1.82, 2.24) is 4.57 Å². The maximum Gasteiger partial charge on any atom is 0.344 e. The number of hydrogen-bond donors (Lipinski definition) is 0. The number of hydrogen-bond acceptors (Lipinski definition) is 9. The number of ether oxygens (including phenoxy) is 4. The van der Waals surface area contributed by atoms with E-state index in [1.54, 1.807) is 49.6 Å². The SMILES string of the molecule is CCOC(=O)COc1ccc(/C=c2/sc3n(c2=O)[C@H](c2ccc(C)cc2)C(C(=O)OCC)=C(C)N=3)cc1OCC. The Morgan fingerprint density at radius 2 is 1.68 bits per heavy atom. The van der Waals surface area contributed by atoms with E-state index in [4.69, 9.17) is 18.9 Å². The summed E-state index contributed by atoms with van der Waals surface area (Å²) in [5.41, 5.74) is 3.13. The van der Waals surface area contributed by atoms with Gasteiger partial charge in [0.05, 0.1) is 41.7 Å². The Morgan fingerprint density at radius 3 is 2.35 bits per heavy atom. The summed E-state index contributed by atoms with van der Waals surface area (Å²) in [6, 6.07) is 12.3. The lowest BCUT2D eigenvalue weighted by molar-refractivity contribution is -0.145. The van der Waals surface area contributed by atoms with E-state index >= 15 is 0 Å². The molecular weight excluding hydrogens is 532 g/mol. The second-order valence-corrected chi connectivity index (χ2v) is 9.95. The van der Waals surface area contributed by atoms with Crippen LogP contribution in [0.15, 0.2) is 63.5 Å². The van der Waals surface area contributed by atoms with Gasteiger partial charge in [0.15, 0.2) is 22.9 Å². The highest BCUT2D eigenvalue weighted by atomic mass is 32.1. The lowest BCUT2D eigenvalue weighted by Crippen LogP contribution is -2.39. The van der Waals surface area contributed by atoms with Gasteiger partial charge in [-0.2, -0.15) is 0 Å². The predicted octanol–water partition coefficient (Wildman–Crippen LogP) is 3.45. The average molecular weight is 565 g/mol. The highest BCUT2D eigenvalue weighted by Crippen LogP contribution is 2.31. The molecule has 0 N–H and O–H groups in total. The number of thiazole rings is 1. The maximum atomic E-state index is 13.8. The van der Waals surface area contributed by atoms with Crippen LogP contribution in [0.25, 0.3) is 6.08 Å². The molecule has 1 atom stereocenters. The molecule has 1 aromatic heterocycles. The zero-order valence-electron chi connectivity index (χ0n) is 23.2. The smallest absolute Gasteiger partial charge is 0.344 e. The molecule has 210 valence electrons. The molecule has 40 heavy (non-hydrogen) atoms. The van der Waals surface area contributed by atoms with Gasteiger partial charge in [-0.1, -0.05) is 47.2 Å². The summed E-state index contributed by atoms with van der Waals surface area (Å²) >= 11 is 1.24. The zero-order chi connectivity index (χ0) is 28.8. The van der Waals surface area contributed by atoms with Gasteiger partial charge in [-0.3, -0.25) is 9.36 Å². The van der Waals surface area contributed by atoms with Gasteiger partial charge in [-0.25, -0.2) is 14.6 Å². The first-order valence-corrected chi connectivity index (χ1v) is 13.9. The number of esters is 2. The van der Waals surface area contributed by atoms with Crippen LogP contribution in [0.5, 0.6) is 11.5 Å². The number of rotatable bonds is 10. The van der Waals surface area contributed by atoms with Gasteiger partial charge in [0.1, 0.15) is 0 Å². The first-order valence-electron chi connectivity index (χ1n) is 13.1. The normalized spacial score (nSPS) is 14.8. The molecule has 0 spiro atoms. The van der Waals surface area contributed by atoms with Crippen LogP contribution in [-0.2, 0) is 19.1 Å². The Hall–Kier alpha value is -4.18. The van der Waals surface area contributed by atoms with E-state index in [0.717, 1.165) is 11.1 Å². The third-order valence-electron chi connectivity index (χ3n) is 6.13. The van der Waals surface area contributed by atoms with E-state index in [-0.39, 0.29) is 25.4 Å². The van der Waals surface area contributed by atoms with E-state index in [1.165, 1.54) is 11.3 Å². The van der Waals surface area contributed by atoms with Crippen LogP contribution in [0.4, 0.5) is 0 Å². The second kappa shape index (κ2) is 12.8. The fourth-order valence-electron chi connectivity index (χ4n) is 4.35. The van der Waals surface area contributed by atoms with Crippen molar-refractivity contribution in [3.8, 4) is 11.5 Å². The van der Waals surface area contributed by atoms with Crippen molar-refractivity contribution in [2.75, 3.05) is 26.4 Å². The minimum Gasteiger partial charge on any atom is -0.490 e. The molecule has 0 saturated heterocycles. The molecule has 1 aliphatic heterocycles. The van der Waals surface area contributed by atoms with Crippen LogP contribution in [0.1, 0.15) is 50.4 Å². The van der Waals surface area contributed by atoms with Gasteiger partial charge in [0.25, 0.3) is 5.56 Å². The first kappa shape index (κ1) is 28.8. The van der Waals surface area contributed by atoms with Crippen LogP contribution >= 0.6 is 11.3 Å². The number of carbonyl (C=O) groups is 2. The van der Waals surface area contributed by atoms with Gasteiger partial charge in [-0.15, -0.1) is 0 Å². The number of fused-ring (bicyclic) bond motifs is 1. The number of nitrogens with zero attached hydrogens (tertiary/aromatic N) is 2. The third kappa shape index (κ3) is 6.17. The number of carbonyl (C=O) groups excluding carboxylic acids is 2. The number of aryl methyl sites for hydroxylation is 1. The van der Waals surface area contributed by atoms with Crippen molar-refractivity contribution in [3.05, 3.63) is 90.1 Å². The first-order chi connectivity index (χ1) is 19.3. The Kier molecular flexibility index (Phi) is 9.21. The fourth-order valence-corrected chi connectivity index (χ4v) is 5.39. The molecular formula is C30H32N2O7S. The summed E-state index contributed by atoms with van der Waals surface area (Å²) in [6.07, 6.45) is 1.75. The van der Waals surface area contributed by atoms with Crippen LogP contribution in [0.3, 0.4) is 0 Å². The number of aromatic nitrogens is 1. The lowest BCUT2D eigenvalue weighted by atomic mass is 9.95. The van der Waals surface area contributed by atoms with Crippen LogP contribution in [0, 0.1) is 6.92 Å². The fraction of sp³-hybridized carbons (Fsp3) is 0.333. The molecule has 2 aromatic carbocycles. The van der Waals surface area contributed by atoms with Crippen molar-refractivity contribution in [2.45, 2.75) is 40.7 Å². The van der Waals surface area contributed by atoms with Gasteiger partial charge in [-0.05, 0) is 64.0 Å². The maximum absolute atomic E-state index is 13.8. The molecule has 0 amide bonds. The predicted molar refractivity (Wildman–Crippen MR) is 151 cm³/mol. The molecule has 0 fully saturated rings. The average Bonchev–Trinajstić information content (AvgIpc) is 3.22. The van der Waals surface area contributed by atoms with Gasteiger partial charge in [0.2, 0.25) is 0 Å². The van der Waals surface area contributed by atoms with Crippen molar-refractivity contribution < 1.29 is 28.5 Å². The highest BCUT2D eigenvalue weighted by molar-refractivity contribution is 7.07. The van der Waals surface area contributed by atoms with Crippen molar-refractivity contribution in [1.29, 1.82) is 0 Å². The summed E-state index contributed by atoms with van der Waals surface area (Å²) in [5, 5.41) is 0. The quantitative estimate of drug-likeness (QED) is 0.348. The molecule has 2 heterocycles. The van der Waals surface area contributed by atoms with E-state index in [9.17, 15) is 14.4 Å². The largest absolute Gasteiger partial charge is 0.490 e. The lowest BCUT2D eigenvalue weighted by Gasteiger charge is -2.24. The minimum absolute atomic E-state index is 0.211. The third-order valence-corrected chi connectivity index (χ3v) is 7.11. The van der Waals surface area contributed by atoms with Gasteiger partial charge < -0.3 is 18.9 Å². The van der Waals surface area contributed by atoms with E-state index in [1.807, 2.05) is 38.1 Å². The minimum atomic E-state index is -0.671. The molecule has 0 unspecified atom stereocenters. The summed E-state index contributed by atoms with van der Waals surface area (Å²) in [6.45, 7) is 9.66. The van der Waals surface area contributed by atoms with Crippen molar-refractivity contribution >= 4 is 29.4 Å². The van der Waals surface area contributed by atoms with Gasteiger partial charge >= 0.3 is 11.9 Å². The topological polar surface area (TPSA) is 105 Å². The van der Waals surface area contributed by atoms with Crippen LogP contribution < -0.4 is 24.4 Å². The molecule has 10 heteroatoms. The molecule has 4 rings (SSSR count). The number of allylic oxidation sites excluding steroid dienone is 1. The molecule has 0 aliphatic carbocycles. The molecule has 0 radical (unpaired) electrons. The van der Waals surface area contributed by atoms with Gasteiger partial charge in [0, 0.05) is 0 Å². The van der Waals surface area contributed by atoms with E-state index in [2.05, 4.69) is 4.99 Å². The summed E-state index contributed by atoms with van der Waals surface area (Å²) in [5.74, 6) is -0.145. The molecule has 9 nitrogen and oxygen atoms in total. The van der Waals surface area contributed by atoms with Crippen LogP contribution in [-0.4, -0.2) is 42.9 Å². The summed E-state index contributed by atoms with van der Waals surface area (Å²) < 4.78 is 23.6. The Morgan fingerprint density at radius 1 is 0.950 bits per heavy atom. The highest BCUT2D eigenvalue weighted by Gasteiger charge is 2.33. The number of benzene rings is 2. The zero-order valence-corrected chi connectivity index (χ0v) is 24.0. The Labute approximate surface area is 236 Å². The van der Waals surface area contributed by atoms with Crippen molar-refractivity contribution in [2.24, 2.45) is 4.99 Å². The Bertz CT molecular complexity index is 1620. The standard InChI is InChI=1S/C30H32N2O7S/c1-6-36-23-15-20(11-14-22(23)39-17-25(33)37-7-2)16-24-28(34)32-27(21-12-9-18(4)10-13-21)26(29(35)38-8-3)19(5)31-30(32)40-24/h9-16,27H,6-8,17H2,1-5H3/b24-16+/t27-/m1/s1. The van der Waals surface area contributed by atoms with E-state index in [0.29, 0.717) is 44.3 Å².